The van der Waals surface area contributed by atoms with Crippen molar-refractivity contribution in [1.29, 1.82) is 0 Å². The van der Waals surface area contributed by atoms with Crippen LogP contribution in [0.25, 0.3) is 0 Å². The number of ether oxygens (including phenoxy) is 2. The molecule has 10 heteroatoms. The van der Waals surface area contributed by atoms with Crippen molar-refractivity contribution >= 4 is 19.8 Å². The van der Waals surface area contributed by atoms with Gasteiger partial charge in [0.1, 0.15) is 6.61 Å². The van der Waals surface area contributed by atoms with Gasteiger partial charge in [-0.25, -0.2) is 4.57 Å². The lowest BCUT2D eigenvalue weighted by Crippen LogP contribution is -2.29. The number of likely N-dealkylation sites (N-methyl/N-ethyl adjacent to an activating group) is 1. The first-order valence-electron chi connectivity index (χ1n) is 21.9. The lowest BCUT2D eigenvalue weighted by Gasteiger charge is -2.20. The monoisotopic (exact) mass is 784 g/mol. The molecule has 0 aliphatic heterocycles. The summed E-state index contributed by atoms with van der Waals surface area (Å²) in [7, 11) is -2.66. The number of unbranched alkanes of at least 4 members (excludes halogenated alkanes) is 21. The van der Waals surface area contributed by atoms with Crippen LogP contribution in [0, 0.1) is 0 Å². The minimum atomic E-state index is -4.36. The number of rotatable bonds is 41. The number of phosphoric ester groups is 1. The lowest BCUT2D eigenvalue weighted by molar-refractivity contribution is -0.161. The zero-order valence-corrected chi connectivity index (χ0v) is 35.8. The van der Waals surface area contributed by atoms with Gasteiger partial charge in [0.15, 0.2) is 6.10 Å². The van der Waals surface area contributed by atoms with Crippen LogP contribution >= 0.6 is 7.82 Å². The molecule has 0 heterocycles. The second kappa shape index (κ2) is 40.9. The van der Waals surface area contributed by atoms with Crippen LogP contribution in [0.1, 0.15) is 194 Å². The first-order valence-corrected chi connectivity index (χ1v) is 23.4. The summed E-state index contributed by atoms with van der Waals surface area (Å²) in [5.41, 5.74) is 0. The molecular formula is C44H82NO8P. The summed E-state index contributed by atoms with van der Waals surface area (Å²) < 4.78 is 33.1. The van der Waals surface area contributed by atoms with Gasteiger partial charge < -0.3 is 19.7 Å². The summed E-state index contributed by atoms with van der Waals surface area (Å²) in [5.74, 6) is -0.862. The van der Waals surface area contributed by atoms with Crippen LogP contribution in [0.4, 0.5) is 0 Å². The van der Waals surface area contributed by atoms with E-state index < -0.39 is 32.5 Å². The maximum absolute atomic E-state index is 12.6. The predicted molar refractivity (Wildman–Crippen MR) is 225 cm³/mol. The minimum Gasteiger partial charge on any atom is -0.462 e. The maximum Gasteiger partial charge on any atom is 0.472 e. The fourth-order valence-electron chi connectivity index (χ4n) is 5.92. The highest BCUT2D eigenvalue weighted by Crippen LogP contribution is 2.43. The predicted octanol–water partition coefficient (Wildman–Crippen LogP) is 12.4. The van der Waals surface area contributed by atoms with Crippen LogP contribution in [0.5, 0.6) is 0 Å². The van der Waals surface area contributed by atoms with E-state index in [4.69, 9.17) is 18.5 Å². The number of carbonyl (C=O) groups excluding carboxylic acids is 2. The molecule has 2 N–H and O–H groups in total. The standard InChI is InChI=1S/C44H82NO8P/c1-4-6-8-10-12-14-16-18-20-21-23-24-26-28-30-32-34-36-43(46)50-40-42(41-52-54(48,49)51-39-38-45-3)53-44(47)37-35-33-31-29-27-25-22-19-17-15-13-11-9-7-5-2/h18,20,23-24,28,30,42,45H,4-17,19,21-22,25-27,29,31-41H2,1-3H3,(H,48,49)/b20-18-,24-23-,30-28-. The van der Waals surface area contributed by atoms with Gasteiger partial charge in [0.2, 0.25) is 0 Å². The van der Waals surface area contributed by atoms with Crippen LogP contribution in [0.2, 0.25) is 0 Å². The second-order valence-corrected chi connectivity index (χ2v) is 16.0. The molecule has 0 saturated heterocycles. The molecule has 0 fully saturated rings. The molecule has 0 aliphatic carbocycles. The molecule has 0 aliphatic rings. The number of phosphoric acid groups is 1. The number of carbonyl (C=O) groups is 2. The van der Waals surface area contributed by atoms with E-state index in [-0.39, 0.29) is 26.1 Å². The van der Waals surface area contributed by atoms with Gasteiger partial charge in [-0.2, -0.15) is 0 Å². The normalized spacial score (nSPS) is 13.6. The minimum absolute atomic E-state index is 0.0235. The first-order chi connectivity index (χ1) is 26.3. The zero-order valence-electron chi connectivity index (χ0n) is 34.9. The molecule has 9 nitrogen and oxygen atoms in total. The third kappa shape index (κ3) is 39.9. The average Bonchev–Trinajstić information content (AvgIpc) is 3.15. The maximum atomic E-state index is 12.6. The van der Waals surface area contributed by atoms with Crippen LogP contribution in [0.3, 0.4) is 0 Å². The van der Waals surface area contributed by atoms with E-state index in [1.807, 2.05) is 0 Å². The SMILES string of the molecule is CCCCCCCC/C=C\C/C=C\C/C=C\CCCC(=O)OCC(COP(=O)(O)OCCNC)OC(=O)CCCCCCCCCCCCCCCCC. The van der Waals surface area contributed by atoms with Gasteiger partial charge in [0.05, 0.1) is 13.2 Å². The van der Waals surface area contributed by atoms with E-state index in [0.29, 0.717) is 19.4 Å². The van der Waals surface area contributed by atoms with Crippen molar-refractivity contribution in [3.05, 3.63) is 36.5 Å². The van der Waals surface area contributed by atoms with Crippen molar-refractivity contribution in [2.45, 2.75) is 200 Å². The van der Waals surface area contributed by atoms with Gasteiger partial charge in [-0.05, 0) is 52.0 Å². The number of allylic oxidation sites excluding steroid dienone is 6. The van der Waals surface area contributed by atoms with E-state index in [0.717, 1.165) is 32.1 Å². The lowest BCUT2D eigenvalue weighted by atomic mass is 10.0. The Morgan fingerprint density at radius 3 is 1.54 bits per heavy atom. The van der Waals surface area contributed by atoms with Crippen LogP contribution < -0.4 is 5.32 Å². The molecule has 2 atom stereocenters. The summed E-state index contributed by atoms with van der Waals surface area (Å²) in [6.45, 7) is 4.17. The third-order valence-electron chi connectivity index (χ3n) is 9.26. The number of hydrogen-bond donors (Lipinski definition) is 2. The highest BCUT2D eigenvalue weighted by Gasteiger charge is 2.26. The van der Waals surface area contributed by atoms with E-state index in [9.17, 15) is 19.0 Å². The summed E-state index contributed by atoms with van der Waals surface area (Å²) in [5, 5.41) is 2.82. The molecule has 0 saturated carbocycles. The summed E-state index contributed by atoms with van der Waals surface area (Å²) in [6, 6.07) is 0. The molecule has 0 radical (unpaired) electrons. The summed E-state index contributed by atoms with van der Waals surface area (Å²) >= 11 is 0. The molecule has 0 amide bonds. The van der Waals surface area contributed by atoms with E-state index in [2.05, 4.69) is 55.6 Å². The molecule has 316 valence electrons. The highest BCUT2D eigenvalue weighted by atomic mass is 31.2. The smallest absolute Gasteiger partial charge is 0.462 e. The molecular weight excluding hydrogens is 701 g/mol. The van der Waals surface area contributed by atoms with Gasteiger partial charge in [-0.15, -0.1) is 0 Å². The Balaban J connectivity index is 4.29. The summed E-state index contributed by atoms with van der Waals surface area (Å²) in [6.07, 6.45) is 43.4. The Morgan fingerprint density at radius 2 is 1.02 bits per heavy atom. The molecule has 2 unspecified atom stereocenters. The number of esters is 2. The fraction of sp³-hybridized carbons (Fsp3) is 0.818. The Labute approximate surface area is 331 Å². The van der Waals surface area contributed by atoms with Crippen LogP contribution in [-0.2, 0) is 32.7 Å². The second-order valence-electron chi connectivity index (χ2n) is 14.5. The molecule has 0 spiro atoms. The van der Waals surface area contributed by atoms with Crippen molar-refractivity contribution in [2.75, 3.05) is 33.4 Å². The molecule has 0 aromatic carbocycles. The van der Waals surface area contributed by atoms with E-state index in [1.54, 1.807) is 7.05 Å². The van der Waals surface area contributed by atoms with E-state index in [1.165, 1.54) is 122 Å². The molecule has 0 bridgehead atoms. The Bertz CT molecular complexity index is 986. The molecule has 0 rings (SSSR count). The Kier molecular flexibility index (Phi) is 39.5. The third-order valence-corrected chi connectivity index (χ3v) is 10.2. The molecule has 0 aromatic rings. The van der Waals surface area contributed by atoms with E-state index >= 15 is 0 Å². The Morgan fingerprint density at radius 1 is 0.574 bits per heavy atom. The topological polar surface area (TPSA) is 120 Å². The van der Waals surface area contributed by atoms with Gasteiger partial charge in [0.25, 0.3) is 0 Å². The number of nitrogens with one attached hydrogen (secondary N) is 1. The van der Waals surface area contributed by atoms with Crippen molar-refractivity contribution in [3.8, 4) is 0 Å². The van der Waals surface area contributed by atoms with Crippen molar-refractivity contribution in [3.63, 3.8) is 0 Å². The largest absolute Gasteiger partial charge is 0.472 e. The first kappa shape index (κ1) is 52.2. The van der Waals surface area contributed by atoms with Gasteiger partial charge in [-0.3, -0.25) is 18.6 Å². The van der Waals surface area contributed by atoms with Gasteiger partial charge in [0, 0.05) is 19.4 Å². The van der Waals surface area contributed by atoms with Crippen LogP contribution in [-0.4, -0.2) is 56.3 Å². The van der Waals surface area contributed by atoms with Gasteiger partial charge in [-0.1, -0.05) is 172 Å². The van der Waals surface area contributed by atoms with Crippen molar-refractivity contribution in [2.24, 2.45) is 0 Å². The number of hydrogen-bond acceptors (Lipinski definition) is 8. The average molecular weight is 784 g/mol. The zero-order chi connectivity index (χ0) is 39.6. The fourth-order valence-corrected chi connectivity index (χ4v) is 6.67. The Hall–Kier alpha value is -1.77. The summed E-state index contributed by atoms with van der Waals surface area (Å²) in [4.78, 5) is 35.0. The van der Waals surface area contributed by atoms with Crippen LogP contribution in [0.15, 0.2) is 36.5 Å². The van der Waals surface area contributed by atoms with Crippen molar-refractivity contribution in [1.82, 2.24) is 5.32 Å². The quantitative estimate of drug-likeness (QED) is 0.0270. The van der Waals surface area contributed by atoms with Gasteiger partial charge >= 0.3 is 19.8 Å². The van der Waals surface area contributed by atoms with Crippen molar-refractivity contribution < 1.29 is 37.6 Å². The molecule has 54 heavy (non-hydrogen) atoms. The highest BCUT2D eigenvalue weighted by molar-refractivity contribution is 7.47. The molecule has 0 aromatic heterocycles.